The van der Waals surface area contributed by atoms with Crippen LogP contribution in [0.4, 0.5) is 5.69 Å². The van der Waals surface area contributed by atoms with Gasteiger partial charge in [0, 0.05) is 16.9 Å². The standard InChI is InChI=1S/C13H10ClNO4S2/c14-10-2-1-8-3-4-15(11(8)6-10)21(18,19)12-5-9(7-20-12)13(16)17/h1-2,5-7H,3-4H2,(H,16,17). The van der Waals surface area contributed by atoms with Crippen molar-refractivity contribution >= 4 is 44.6 Å². The average Bonchev–Trinajstić information content (AvgIpc) is 3.05. The number of fused-ring (bicyclic) bond motifs is 1. The molecular formula is C13H10ClNO4S2. The highest BCUT2D eigenvalue weighted by molar-refractivity contribution is 7.94. The molecule has 5 nitrogen and oxygen atoms in total. The van der Waals surface area contributed by atoms with Crippen LogP contribution in [0.3, 0.4) is 0 Å². The molecule has 2 heterocycles. The fourth-order valence-corrected chi connectivity index (χ4v) is 5.17. The molecule has 21 heavy (non-hydrogen) atoms. The van der Waals surface area contributed by atoms with Crippen molar-refractivity contribution in [3.63, 3.8) is 0 Å². The van der Waals surface area contributed by atoms with Gasteiger partial charge >= 0.3 is 5.97 Å². The molecule has 2 aromatic rings. The Morgan fingerprint density at radius 2 is 2.10 bits per heavy atom. The fraction of sp³-hybridized carbons (Fsp3) is 0.154. The van der Waals surface area contributed by atoms with Crippen molar-refractivity contribution in [2.24, 2.45) is 0 Å². The molecule has 3 rings (SSSR count). The molecule has 110 valence electrons. The number of carboxylic acids is 1. The number of hydrogen-bond donors (Lipinski definition) is 1. The second-order valence-electron chi connectivity index (χ2n) is 4.56. The van der Waals surface area contributed by atoms with E-state index in [2.05, 4.69) is 0 Å². The molecule has 0 saturated heterocycles. The Morgan fingerprint density at radius 1 is 1.33 bits per heavy atom. The van der Waals surface area contributed by atoms with Gasteiger partial charge in [0.25, 0.3) is 10.0 Å². The minimum Gasteiger partial charge on any atom is -0.478 e. The molecule has 0 bridgehead atoms. The highest BCUT2D eigenvalue weighted by Crippen LogP contribution is 2.36. The molecule has 1 aromatic heterocycles. The van der Waals surface area contributed by atoms with Gasteiger partial charge < -0.3 is 5.11 Å². The van der Waals surface area contributed by atoms with Gasteiger partial charge in [0.1, 0.15) is 4.21 Å². The molecule has 8 heteroatoms. The fourth-order valence-electron chi connectivity index (χ4n) is 2.25. The molecule has 0 unspecified atom stereocenters. The van der Waals surface area contributed by atoms with E-state index < -0.39 is 16.0 Å². The zero-order chi connectivity index (χ0) is 15.2. The summed E-state index contributed by atoms with van der Waals surface area (Å²) >= 11 is 6.84. The molecule has 0 atom stereocenters. The molecule has 0 fully saturated rings. The number of aromatic carboxylic acids is 1. The van der Waals surface area contributed by atoms with Crippen LogP contribution in [-0.4, -0.2) is 26.0 Å². The number of thiophene rings is 1. The smallest absolute Gasteiger partial charge is 0.336 e. The van der Waals surface area contributed by atoms with Crippen LogP contribution in [0.25, 0.3) is 0 Å². The van der Waals surface area contributed by atoms with Crippen LogP contribution in [0.15, 0.2) is 33.9 Å². The summed E-state index contributed by atoms with van der Waals surface area (Å²) in [6.07, 6.45) is 0.614. The van der Waals surface area contributed by atoms with Gasteiger partial charge in [-0.25, -0.2) is 13.2 Å². The van der Waals surface area contributed by atoms with Crippen molar-refractivity contribution in [3.05, 3.63) is 45.8 Å². The van der Waals surface area contributed by atoms with Crippen molar-refractivity contribution in [3.8, 4) is 0 Å². The predicted octanol–water partition coefficient (Wildman–Crippen LogP) is 2.85. The third-order valence-corrected chi connectivity index (χ3v) is 6.73. The Morgan fingerprint density at radius 3 is 2.76 bits per heavy atom. The first-order chi connectivity index (χ1) is 9.89. The van der Waals surface area contributed by atoms with Crippen molar-refractivity contribution in [1.82, 2.24) is 0 Å². The number of rotatable bonds is 3. The zero-order valence-corrected chi connectivity index (χ0v) is 13.0. The molecule has 0 aliphatic carbocycles. The van der Waals surface area contributed by atoms with E-state index in [0.29, 0.717) is 23.7 Å². The number of halogens is 1. The zero-order valence-electron chi connectivity index (χ0n) is 10.6. The molecule has 1 N–H and O–H groups in total. The van der Waals surface area contributed by atoms with E-state index in [1.54, 1.807) is 12.1 Å². The molecule has 1 aliphatic heterocycles. The summed E-state index contributed by atoms with van der Waals surface area (Å²) in [5.41, 5.74) is 1.45. The SMILES string of the molecule is O=C(O)c1csc(S(=O)(=O)N2CCc3ccc(Cl)cc32)c1. The average molecular weight is 344 g/mol. The maximum Gasteiger partial charge on any atom is 0.336 e. The van der Waals surface area contributed by atoms with E-state index in [-0.39, 0.29) is 9.77 Å². The Bertz CT molecular complexity index is 828. The van der Waals surface area contributed by atoms with Gasteiger partial charge in [-0.15, -0.1) is 11.3 Å². The van der Waals surface area contributed by atoms with Gasteiger partial charge in [0.15, 0.2) is 0 Å². The van der Waals surface area contributed by atoms with Gasteiger partial charge in [-0.05, 0) is 30.2 Å². The van der Waals surface area contributed by atoms with Gasteiger partial charge in [0.2, 0.25) is 0 Å². The number of hydrogen-bond acceptors (Lipinski definition) is 4. The van der Waals surface area contributed by atoms with E-state index in [1.807, 2.05) is 6.07 Å². The van der Waals surface area contributed by atoms with Crippen molar-refractivity contribution in [2.75, 3.05) is 10.8 Å². The van der Waals surface area contributed by atoms with Crippen LogP contribution in [0, 0.1) is 0 Å². The van der Waals surface area contributed by atoms with Crippen LogP contribution in [0.1, 0.15) is 15.9 Å². The minimum absolute atomic E-state index is 0.0210. The topological polar surface area (TPSA) is 74.7 Å². The Kier molecular flexibility index (Phi) is 3.43. The highest BCUT2D eigenvalue weighted by Gasteiger charge is 2.32. The first-order valence-electron chi connectivity index (χ1n) is 6.02. The van der Waals surface area contributed by atoms with E-state index in [9.17, 15) is 13.2 Å². The van der Waals surface area contributed by atoms with Gasteiger partial charge in [-0.3, -0.25) is 4.31 Å². The van der Waals surface area contributed by atoms with Crippen molar-refractivity contribution in [1.29, 1.82) is 0 Å². The number of benzene rings is 1. The van der Waals surface area contributed by atoms with E-state index in [1.165, 1.54) is 15.8 Å². The van der Waals surface area contributed by atoms with Crippen molar-refractivity contribution in [2.45, 2.75) is 10.6 Å². The third kappa shape index (κ3) is 2.41. The molecule has 1 aromatic carbocycles. The highest BCUT2D eigenvalue weighted by atomic mass is 35.5. The quantitative estimate of drug-likeness (QED) is 0.929. The van der Waals surface area contributed by atoms with Crippen LogP contribution in [-0.2, 0) is 16.4 Å². The predicted molar refractivity (Wildman–Crippen MR) is 81.0 cm³/mol. The lowest BCUT2D eigenvalue weighted by atomic mass is 10.2. The lowest BCUT2D eigenvalue weighted by molar-refractivity contribution is 0.0697. The number of carboxylic acid groups (broad SMARTS) is 1. The maximum absolute atomic E-state index is 12.6. The van der Waals surface area contributed by atoms with Crippen molar-refractivity contribution < 1.29 is 18.3 Å². The molecule has 0 saturated carbocycles. The minimum atomic E-state index is -3.75. The monoisotopic (exact) mass is 343 g/mol. The second kappa shape index (κ2) is 5.01. The molecular weight excluding hydrogens is 334 g/mol. The van der Waals surface area contributed by atoms with Gasteiger partial charge in [-0.1, -0.05) is 17.7 Å². The summed E-state index contributed by atoms with van der Waals surface area (Å²) in [7, 11) is -3.75. The summed E-state index contributed by atoms with van der Waals surface area (Å²) in [6.45, 7) is 0.332. The summed E-state index contributed by atoms with van der Waals surface area (Å²) in [6, 6.07) is 6.34. The van der Waals surface area contributed by atoms with Crippen LogP contribution in [0.2, 0.25) is 5.02 Å². The number of carbonyl (C=O) groups is 1. The number of nitrogens with zero attached hydrogens (tertiary/aromatic N) is 1. The lowest BCUT2D eigenvalue weighted by Gasteiger charge is -2.18. The second-order valence-corrected chi connectivity index (χ2v) is 8.00. The summed E-state index contributed by atoms with van der Waals surface area (Å²) in [5.74, 6) is -1.14. The summed E-state index contributed by atoms with van der Waals surface area (Å²) in [5, 5.41) is 10.7. The van der Waals surface area contributed by atoms with Gasteiger partial charge in [0.05, 0.1) is 11.3 Å². The first-order valence-corrected chi connectivity index (χ1v) is 8.72. The largest absolute Gasteiger partial charge is 0.478 e. The molecule has 0 amide bonds. The maximum atomic E-state index is 12.6. The van der Waals surface area contributed by atoms with E-state index in [0.717, 1.165) is 16.9 Å². The summed E-state index contributed by atoms with van der Waals surface area (Å²) in [4.78, 5) is 10.9. The third-order valence-electron chi connectivity index (χ3n) is 3.27. The molecule has 0 radical (unpaired) electrons. The summed E-state index contributed by atoms with van der Waals surface area (Å²) < 4.78 is 26.6. The molecule has 0 spiro atoms. The van der Waals surface area contributed by atoms with Crippen LogP contribution < -0.4 is 4.31 Å². The Hall–Kier alpha value is -1.57. The number of anilines is 1. The normalized spacial score (nSPS) is 14.2. The number of sulfonamides is 1. The van der Waals surface area contributed by atoms with Crippen LogP contribution in [0.5, 0.6) is 0 Å². The van der Waals surface area contributed by atoms with Crippen LogP contribution >= 0.6 is 22.9 Å². The Labute approximate surface area is 130 Å². The van der Waals surface area contributed by atoms with E-state index >= 15 is 0 Å². The van der Waals surface area contributed by atoms with Gasteiger partial charge in [-0.2, -0.15) is 0 Å². The lowest BCUT2D eigenvalue weighted by Crippen LogP contribution is -2.28. The molecule has 1 aliphatic rings. The Balaban J connectivity index is 2.04. The first kappa shape index (κ1) is 14.4. The van der Waals surface area contributed by atoms with E-state index in [4.69, 9.17) is 16.7 Å².